The zero-order valence-electron chi connectivity index (χ0n) is 11.5. The highest BCUT2D eigenvalue weighted by molar-refractivity contribution is 5.82. The molecule has 6 heteroatoms. The molecule has 0 aromatic rings. The lowest BCUT2D eigenvalue weighted by atomic mass is 9.65. The summed E-state index contributed by atoms with van der Waals surface area (Å²) in [4.78, 5) is 34.0. The number of ether oxygens (including phenoxy) is 2. The fourth-order valence-corrected chi connectivity index (χ4v) is 2.69. The van der Waals surface area contributed by atoms with Gasteiger partial charge in [-0.05, 0) is 19.8 Å². The van der Waals surface area contributed by atoms with Crippen molar-refractivity contribution in [2.45, 2.75) is 26.7 Å². The maximum absolute atomic E-state index is 11.6. The van der Waals surface area contributed by atoms with Crippen LogP contribution < -0.4 is 0 Å². The quantitative estimate of drug-likeness (QED) is 0.570. The topological polar surface area (TPSA) is 89.9 Å². The number of aldehydes is 1. The van der Waals surface area contributed by atoms with E-state index in [1.807, 2.05) is 0 Å². The van der Waals surface area contributed by atoms with Crippen LogP contribution in [0, 0.1) is 16.7 Å². The third kappa shape index (κ3) is 2.63. The molecule has 1 N–H and O–H groups in total. The number of carboxylic acids is 1. The summed E-state index contributed by atoms with van der Waals surface area (Å²) in [5.41, 5.74) is -2.15. The van der Waals surface area contributed by atoms with Crippen LogP contribution in [0.3, 0.4) is 0 Å². The van der Waals surface area contributed by atoms with Gasteiger partial charge in [-0.25, -0.2) is 4.79 Å². The van der Waals surface area contributed by atoms with E-state index in [1.54, 1.807) is 13.8 Å². The highest BCUT2D eigenvalue weighted by Crippen LogP contribution is 2.55. The Labute approximate surface area is 112 Å². The summed E-state index contributed by atoms with van der Waals surface area (Å²) >= 11 is 0. The molecule has 0 unspecified atom stereocenters. The predicted octanol–water partition coefficient (Wildman–Crippen LogP) is 0.882. The Balaban J connectivity index is 2.82. The molecule has 1 fully saturated rings. The van der Waals surface area contributed by atoms with Gasteiger partial charge in [-0.1, -0.05) is 6.92 Å². The van der Waals surface area contributed by atoms with Crippen LogP contribution in [0.25, 0.3) is 0 Å². The number of rotatable bonds is 6. The first-order chi connectivity index (χ1) is 8.81. The van der Waals surface area contributed by atoms with E-state index in [4.69, 9.17) is 4.74 Å². The van der Waals surface area contributed by atoms with Gasteiger partial charge in [-0.3, -0.25) is 4.79 Å². The summed E-state index contributed by atoms with van der Waals surface area (Å²) in [7, 11) is 1.38. The molecule has 1 saturated carbocycles. The zero-order valence-corrected chi connectivity index (χ0v) is 11.5. The van der Waals surface area contributed by atoms with Crippen molar-refractivity contribution in [1.29, 1.82) is 0 Å². The van der Waals surface area contributed by atoms with E-state index in [-0.39, 0.29) is 19.1 Å². The molecule has 0 spiro atoms. The van der Waals surface area contributed by atoms with E-state index in [0.29, 0.717) is 19.1 Å². The summed E-state index contributed by atoms with van der Waals surface area (Å²) < 4.78 is 9.64. The molecule has 0 bridgehead atoms. The average molecular weight is 272 g/mol. The van der Waals surface area contributed by atoms with Crippen molar-refractivity contribution in [3.8, 4) is 0 Å². The number of esters is 1. The number of aliphatic carboxylic acids is 1. The van der Waals surface area contributed by atoms with E-state index < -0.39 is 22.8 Å². The largest absolute Gasteiger partial charge is 0.481 e. The molecule has 0 heterocycles. The molecule has 0 saturated heterocycles. The van der Waals surface area contributed by atoms with Gasteiger partial charge in [0.25, 0.3) is 0 Å². The second-order valence-electron chi connectivity index (χ2n) is 5.39. The lowest BCUT2D eigenvalue weighted by molar-refractivity contribution is -0.164. The van der Waals surface area contributed by atoms with Crippen molar-refractivity contribution in [3.63, 3.8) is 0 Å². The second-order valence-corrected chi connectivity index (χ2v) is 5.39. The lowest BCUT2D eigenvalue weighted by Crippen LogP contribution is -2.46. The Morgan fingerprint density at radius 2 is 2.05 bits per heavy atom. The Morgan fingerprint density at radius 3 is 2.53 bits per heavy atom. The molecule has 0 aromatic carbocycles. The fourth-order valence-electron chi connectivity index (χ4n) is 2.69. The van der Waals surface area contributed by atoms with E-state index >= 15 is 0 Å². The summed E-state index contributed by atoms with van der Waals surface area (Å²) in [6, 6.07) is 0. The first-order valence-electron chi connectivity index (χ1n) is 6.16. The van der Waals surface area contributed by atoms with Crippen LogP contribution in [0.5, 0.6) is 0 Å². The lowest BCUT2D eigenvalue weighted by Gasteiger charge is -2.36. The minimum Gasteiger partial charge on any atom is -0.481 e. The highest BCUT2D eigenvalue weighted by Gasteiger charge is 2.59. The summed E-state index contributed by atoms with van der Waals surface area (Å²) in [6.45, 7) is 3.02. The van der Waals surface area contributed by atoms with Gasteiger partial charge in [0, 0.05) is 18.4 Å². The third-order valence-corrected chi connectivity index (χ3v) is 4.43. The molecule has 0 aromatic heterocycles. The molecule has 3 atom stereocenters. The SMILES string of the molecule is COCC(=O)OC[C@H]1CC[C@@](C)(C=O)[C@]1(C)C(=O)O. The van der Waals surface area contributed by atoms with E-state index in [2.05, 4.69) is 4.74 Å². The van der Waals surface area contributed by atoms with Crippen LogP contribution in [0.15, 0.2) is 0 Å². The number of carbonyl (C=O) groups excluding carboxylic acids is 2. The molecule has 1 aliphatic carbocycles. The van der Waals surface area contributed by atoms with Crippen LogP contribution >= 0.6 is 0 Å². The Hall–Kier alpha value is -1.43. The fraction of sp³-hybridized carbons (Fsp3) is 0.769. The number of hydrogen-bond donors (Lipinski definition) is 1. The van der Waals surface area contributed by atoms with Crippen molar-refractivity contribution in [2.24, 2.45) is 16.7 Å². The zero-order chi connectivity index (χ0) is 14.7. The van der Waals surface area contributed by atoms with Gasteiger partial charge in [0.05, 0.1) is 12.0 Å². The van der Waals surface area contributed by atoms with Gasteiger partial charge < -0.3 is 19.4 Å². The maximum atomic E-state index is 11.6. The molecule has 1 rings (SSSR count). The highest BCUT2D eigenvalue weighted by atomic mass is 16.6. The van der Waals surface area contributed by atoms with Gasteiger partial charge in [-0.2, -0.15) is 0 Å². The third-order valence-electron chi connectivity index (χ3n) is 4.43. The van der Waals surface area contributed by atoms with E-state index in [1.165, 1.54) is 7.11 Å². The molecule has 0 aliphatic heterocycles. The summed E-state index contributed by atoms with van der Waals surface area (Å²) in [5.74, 6) is -1.94. The van der Waals surface area contributed by atoms with E-state index in [9.17, 15) is 19.5 Å². The first-order valence-corrected chi connectivity index (χ1v) is 6.16. The second kappa shape index (κ2) is 5.69. The molecule has 6 nitrogen and oxygen atoms in total. The molecule has 0 radical (unpaired) electrons. The van der Waals surface area contributed by atoms with Gasteiger partial charge in [-0.15, -0.1) is 0 Å². The summed E-state index contributed by atoms with van der Waals surface area (Å²) in [6.07, 6.45) is 1.72. The van der Waals surface area contributed by atoms with Crippen LogP contribution in [0.4, 0.5) is 0 Å². The minimum atomic E-state index is -1.22. The Kier molecular flexibility index (Phi) is 4.68. The van der Waals surface area contributed by atoms with Crippen molar-refractivity contribution in [3.05, 3.63) is 0 Å². The van der Waals surface area contributed by atoms with Crippen molar-refractivity contribution >= 4 is 18.2 Å². The van der Waals surface area contributed by atoms with E-state index in [0.717, 1.165) is 0 Å². The van der Waals surface area contributed by atoms with Crippen LogP contribution in [0.1, 0.15) is 26.7 Å². The van der Waals surface area contributed by atoms with Crippen LogP contribution in [0.2, 0.25) is 0 Å². The minimum absolute atomic E-state index is 0.00553. The smallest absolute Gasteiger partial charge is 0.332 e. The molecule has 1 aliphatic rings. The van der Waals surface area contributed by atoms with Crippen molar-refractivity contribution < 1.29 is 29.0 Å². The van der Waals surface area contributed by atoms with Crippen LogP contribution in [-0.2, 0) is 23.9 Å². The number of carboxylic acid groups (broad SMARTS) is 1. The first kappa shape index (κ1) is 15.6. The normalized spacial score (nSPS) is 33.9. The monoisotopic (exact) mass is 272 g/mol. The average Bonchev–Trinajstić information content (AvgIpc) is 2.62. The Bertz CT molecular complexity index is 379. The standard InChI is InChI=1S/C13H20O6/c1-12(8-14)5-4-9(13(12,2)11(16)17)6-19-10(15)7-18-3/h8-9H,4-7H2,1-3H3,(H,16,17)/t9-,12+,13+/m1/s1. The molecule has 108 valence electrons. The van der Waals surface area contributed by atoms with Crippen LogP contribution in [-0.4, -0.2) is 43.7 Å². The molecular formula is C13H20O6. The summed E-state index contributed by atoms with van der Waals surface area (Å²) in [5, 5.41) is 9.45. The number of carbonyl (C=O) groups is 3. The van der Waals surface area contributed by atoms with Crippen molar-refractivity contribution in [1.82, 2.24) is 0 Å². The molecule has 19 heavy (non-hydrogen) atoms. The van der Waals surface area contributed by atoms with Gasteiger partial charge in [0.1, 0.15) is 12.9 Å². The Morgan fingerprint density at radius 1 is 1.42 bits per heavy atom. The molecule has 0 amide bonds. The van der Waals surface area contributed by atoms with Crippen molar-refractivity contribution in [2.75, 3.05) is 20.3 Å². The molecular weight excluding hydrogens is 252 g/mol. The number of hydrogen-bond acceptors (Lipinski definition) is 5. The van der Waals surface area contributed by atoms with Gasteiger partial charge in [0.15, 0.2) is 0 Å². The van der Waals surface area contributed by atoms with Gasteiger partial charge in [0.2, 0.25) is 0 Å². The number of methoxy groups -OCH3 is 1. The van der Waals surface area contributed by atoms with Gasteiger partial charge >= 0.3 is 11.9 Å². The predicted molar refractivity (Wildman–Crippen MR) is 65.5 cm³/mol. The maximum Gasteiger partial charge on any atom is 0.332 e.